The van der Waals surface area contributed by atoms with Gasteiger partial charge >= 0.3 is 0 Å². The molecular formula is C16H19NO2. The van der Waals surface area contributed by atoms with E-state index >= 15 is 0 Å². The predicted octanol–water partition coefficient (Wildman–Crippen LogP) is 3.41. The highest BCUT2D eigenvalue weighted by Gasteiger charge is 2.34. The molecule has 1 unspecified atom stereocenters. The first-order valence-corrected chi connectivity index (χ1v) is 6.63. The van der Waals surface area contributed by atoms with Crippen molar-refractivity contribution < 1.29 is 9.59 Å². The van der Waals surface area contributed by atoms with Gasteiger partial charge in [-0.05, 0) is 43.9 Å². The van der Waals surface area contributed by atoms with E-state index < -0.39 is 0 Å². The van der Waals surface area contributed by atoms with Crippen molar-refractivity contribution in [3.8, 4) is 0 Å². The minimum atomic E-state index is -0.209. The second-order valence-corrected chi connectivity index (χ2v) is 5.10. The van der Waals surface area contributed by atoms with Crippen LogP contribution in [0.1, 0.15) is 45.6 Å². The summed E-state index contributed by atoms with van der Waals surface area (Å²) in [4.78, 5) is 25.4. The lowest BCUT2D eigenvalue weighted by Gasteiger charge is -2.16. The van der Waals surface area contributed by atoms with Gasteiger partial charge in [-0.25, -0.2) is 4.90 Å². The Bertz CT molecular complexity index is 531. The summed E-state index contributed by atoms with van der Waals surface area (Å²) in [5.41, 5.74) is 2.96. The topological polar surface area (TPSA) is 37.4 Å². The summed E-state index contributed by atoms with van der Waals surface area (Å²) < 4.78 is 0. The van der Waals surface area contributed by atoms with Gasteiger partial charge in [0.1, 0.15) is 0 Å². The molecule has 1 atom stereocenters. The summed E-state index contributed by atoms with van der Waals surface area (Å²) in [6, 6.07) is 7.69. The molecule has 3 heteroatoms. The first-order valence-electron chi connectivity index (χ1n) is 6.63. The summed E-state index contributed by atoms with van der Waals surface area (Å²) in [7, 11) is 0. The standard InChI is InChI=1S/C16H19NO2/c1-5-10(2)13-6-8-14(9-7-13)17-15(18)11(3)12(4)16(17)19/h6-10H,5H2,1-4H3. The van der Waals surface area contributed by atoms with E-state index in [0.29, 0.717) is 22.8 Å². The number of hydrogen-bond acceptors (Lipinski definition) is 2. The minimum absolute atomic E-state index is 0.209. The van der Waals surface area contributed by atoms with Gasteiger partial charge in [-0.1, -0.05) is 26.0 Å². The van der Waals surface area contributed by atoms with Crippen LogP contribution < -0.4 is 4.90 Å². The quantitative estimate of drug-likeness (QED) is 0.778. The molecule has 0 fully saturated rings. The molecule has 2 rings (SSSR count). The van der Waals surface area contributed by atoms with Gasteiger partial charge < -0.3 is 0 Å². The molecule has 1 aliphatic rings. The van der Waals surface area contributed by atoms with Crippen LogP contribution >= 0.6 is 0 Å². The number of carbonyl (C=O) groups is 2. The Morgan fingerprint density at radius 1 is 1.00 bits per heavy atom. The number of benzene rings is 1. The molecule has 1 aromatic carbocycles. The molecule has 2 amide bonds. The highest BCUT2D eigenvalue weighted by atomic mass is 16.2. The molecule has 1 heterocycles. The zero-order valence-electron chi connectivity index (χ0n) is 11.9. The van der Waals surface area contributed by atoms with Gasteiger partial charge in [-0.3, -0.25) is 9.59 Å². The van der Waals surface area contributed by atoms with Gasteiger partial charge in [0.05, 0.1) is 5.69 Å². The van der Waals surface area contributed by atoms with Crippen LogP contribution in [-0.2, 0) is 9.59 Å². The highest BCUT2D eigenvalue weighted by Crippen LogP contribution is 2.28. The molecular weight excluding hydrogens is 238 g/mol. The molecule has 0 aliphatic carbocycles. The smallest absolute Gasteiger partial charge is 0.261 e. The van der Waals surface area contributed by atoms with Crippen LogP contribution in [0.25, 0.3) is 0 Å². The number of amides is 2. The molecule has 0 saturated carbocycles. The normalized spacial score (nSPS) is 17.4. The zero-order valence-corrected chi connectivity index (χ0v) is 11.9. The van der Waals surface area contributed by atoms with E-state index in [1.54, 1.807) is 13.8 Å². The minimum Gasteiger partial charge on any atom is -0.269 e. The van der Waals surface area contributed by atoms with Crippen LogP contribution in [0.5, 0.6) is 0 Å². The maximum Gasteiger partial charge on any atom is 0.261 e. The lowest BCUT2D eigenvalue weighted by atomic mass is 9.98. The predicted molar refractivity (Wildman–Crippen MR) is 76.0 cm³/mol. The average molecular weight is 257 g/mol. The van der Waals surface area contributed by atoms with Crippen LogP contribution in [0.15, 0.2) is 35.4 Å². The Kier molecular flexibility index (Phi) is 3.56. The van der Waals surface area contributed by atoms with E-state index in [1.807, 2.05) is 24.3 Å². The zero-order chi connectivity index (χ0) is 14.2. The molecule has 0 bridgehead atoms. The summed E-state index contributed by atoms with van der Waals surface area (Å²) in [5.74, 6) is 0.0678. The van der Waals surface area contributed by atoms with Crippen LogP contribution in [0.4, 0.5) is 5.69 Å². The highest BCUT2D eigenvalue weighted by molar-refractivity contribution is 6.32. The third kappa shape index (κ3) is 2.21. The van der Waals surface area contributed by atoms with Gasteiger partial charge in [-0.2, -0.15) is 0 Å². The fraction of sp³-hybridized carbons (Fsp3) is 0.375. The van der Waals surface area contributed by atoms with E-state index in [-0.39, 0.29) is 11.8 Å². The van der Waals surface area contributed by atoms with Crippen LogP contribution in [0.2, 0.25) is 0 Å². The molecule has 3 nitrogen and oxygen atoms in total. The Morgan fingerprint density at radius 3 is 1.89 bits per heavy atom. The van der Waals surface area contributed by atoms with Gasteiger partial charge in [0.15, 0.2) is 0 Å². The summed E-state index contributed by atoms with van der Waals surface area (Å²) in [6.45, 7) is 7.70. The van der Waals surface area contributed by atoms with Gasteiger partial charge in [0.2, 0.25) is 0 Å². The van der Waals surface area contributed by atoms with Crippen molar-refractivity contribution in [1.82, 2.24) is 0 Å². The van der Waals surface area contributed by atoms with Crippen molar-refractivity contribution in [2.45, 2.75) is 40.0 Å². The number of rotatable bonds is 3. The Labute approximate surface area is 113 Å². The Balaban J connectivity index is 2.30. The maximum atomic E-state index is 12.0. The van der Waals surface area contributed by atoms with Crippen LogP contribution in [-0.4, -0.2) is 11.8 Å². The lowest BCUT2D eigenvalue weighted by molar-refractivity contribution is -0.120. The molecule has 1 aromatic rings. The van der Waals surface area contributed by atoms with Gasteiger partial charge in [-0.15, -0.1) is 0 Å². The molecule has 0 aromatic heterocycles. The summed E-state index contributed by atoms with van der Waals surface area (Å²) in [5, 5.41) is 0. The Morgan fingerprint density at radius 2 is 1.47 bits per heavy atom. The van der Waals surface area contributed by atoms with Gasteiger partial charge in [0, 0.05) is 11.1 Å². The Hall–Kier alpha value is -1.90. The number of hydrogen-bond donors (Lipinski definition) is 0. The van der Waals surface area contributed by atoms with E-state index in [2.05, 4.69) is 13.8 Å². The van der Waals surface area contributed by atoms with Crippen molar-refractivity contribution in [3.63, 3.8) is 0 Å². The number of carbonyl (C=O) groups excluding carboxylic acids is 2. The molecule has 19 heavy (non-hydrogen) atoms. The average Bonchev–Trinajstić information content (AvgIpc) is 2.62. The summed E-state index contributed by atoms with van der Waals surface area (Å²) in [6.07, 6.45) is 1.07. The molecule has 0 spiro atoms. The summed E-state index contributed by atoms with van der Waals surface area (Å²) >= 11 is 0. The van der Waals surface area contributed by atoms with Crippen molar-refractivity contribution >= 4 is 17.5 Å². The maximum absolute atomic E-state index is 12.0. The SMILES string of the molecule is CCC(C)c1ccc(N2C(=O)C(C)=C(C)C2=O)cc1. The second-order valence-electron chi connectivity index (χ2n) is 5.10. The van der Waals surface area contributed by atoms with E-state index in [0.717, 1.165) is 6.42 Å². The van der Waals surface area contributed by atoms with Crippen molar-refractivity contribution in [1.29, 1.82) is 0 Å². The van der Waals surface area contributed by atoms with Gasteiger partial charge in [0.25, 0.3) is 11.8 Å². The van der Waals surface area contributed by atoms with Crippen LogP contribution in [0.3, 0.4) is 0 Å². The molecule has 0 radical (unpaired) electrons. The number of anilines is 1. The van der Waals surface area contributed by atoms with Crippen molar-refractivity contribution in [2.24, 2.45) is 0 Å². The molecule has 0 N–H and O–H groups in total. The molecule has 0 saturated heterocycles. The first-order chi connectivity index (χ1) is 8.97. The number of imide groups is 1. The monoisotopic (exact) mass is 257 g/mol. The molecule has 1 aliphatic heterocycles. The van der Waals surface area contributed by atoms with E-state index in [9.17, 15) is 9.59 Å². The fourth-order valence-electron chi connectivity index (χ4n) is 2.17. The fourth-order valence-corrected chi connectivity index (χ4v) is 2.17. The largest absolute Gasteiger partial charge is 0.269 e. The van der Waals surface area contributed by atoms with E-state index in [4.69, 9.17) is 0 Å². The van der Waals surface area contributed by atoms with E-state index in [1.165, 1.54) is 10.5 Å². The van der Waals surface area contributed by atoms with Crippen molar-refractivity contribution in [2.75, 3.05) is 4.90 Å². The van der Waals surface area contributed by atoms with Crippen LogP contribution in [0, 0.1) is 0 Å². The molecule has 100 valence electrons. The second kappa shape index (κ2) is 5.00. The lowest BCUT2D eigenvalue weighted by Crippen LogP contribution is -2.31. The third-order valence-electron chi connectivity index (χ3n) is 3.94. The number of nitrogens with zero attached hydrogens (tertiary/aromatic N) is 1. The van der Waals surface area contributed by atoms with Crippen molar-refractivity contribution in [3.05, 3.63) is 41.0 Å². The first kappa shape index (κ1) is 13.5. The third-order valence-corrected chi connectivity index (χ3v) is 3.94.